The van der Waals surface area contributed by atoms with Crippen LogP contribution in [-0.4, -0.2) is 28.1 Å². The number of rotatable bonds is 8. The third-order valence-corrected chi connectivity index (χ3v) is 4.38. The number of aromatic nitrogens is 2. The van der Waals surface area contributed by atoms with Crippen molar-refractivity contribution in [1.82, 2.24) is 15.1 Å². The van der Waals surface area contributed by atoms with Gasteiger partial charge in [0.1, 0.15) is 5.82 Å². The fraction of sp³-hybridized carbons (Fsp3) is 0.190. The maximum Gasteiger partial charge on any atom is 0.251 e. The molecule has 0 saturated heterocycles. The Bertz CT molecular complexity index is 923. The van der Waals surface area contributed by atoms with Gasteiger partial charge in [-0.15, -0.1) is 0 Å². The second-order valence-corrected chi connectivity index (χ2v) is 6.71. The van der Waals surface area contributed by atoms with E-state index in [1.54, 1.807) is 29.1 Å². The average molecular weight is 397 g/mol. The van der Waals surface area contributed by atoms with Gasteiger partial charge in [0.25, 0.3) is 5.91 Å². The van der Waals surface area contributed by atoms with Crippen molar-refractivity contribution >= 4 is 29.2 Å². The molecule has 0 fully saturated rings. The van der Waals surface area contributed by atoms with Gasteiger partial charge >= 0.3 is 0 Å². The summed E-state index contributed by atoms with van der Waals surface area (Å²) in [5.41, 5.74) is 1.64. The van der Waals surface area contributed by atoms with Crippen molar-refractivity contribution in [3.8, 4) is 0 Å². The van der Waals surface area contributed by atoms with Crippen molar-refractivity contribution in [2.24, 2.45) is 0 Å². The van der Waals surface area contributed by atoms with Crippen molar-refractivity contribution in [2.75, 3.05) is 11.9 Å². The van der Waals surface area contributed by atoms with E-state index < -0.39 is 0 Å². The zero-order valence-corrected chi connectivity index (χ0v) is 16.0. The predicted octanol–water partition coefficient (Wildman–Crippen LogP) is 3.73. The van der Waals surface area contributed by atoms with Crippen molar-refractivity contribution < 1.29 is 9.59 Å². The summed E-state index contributed by atoms with van der Waals surface area (Å²) in [5.74, 6) is 0.377. The number of nitrogens with zero attached hydrogens (tertiary/aromatic N) is 2. The van der Waals surface area contributed by atoms with Gasteiger partial charge in [-0.3, -0.25) is 9.59 Å². The number of hydrogen-bond donors (Lipinski definition) is 2. The lowest BCUT2D eigenvalue weighted by Crippen LogP contribution is -2.25. The monoisotopic (exact) mass is 396 g/mol. The van der Waals surface area contributed by atoms with Gasteiger partial charge in [0.05, 0.1) is 12.7 Å². The standard InChI is InChI=1S/C21H21ClN4O2/c22-18-10-8-16(9-11-18)15-26-19(12-14-24-26)25-20(27)7-4-13-23-21(28)17-5-2-1-3-6-17/h1-3,5-6,8-12,14H,4,7,13,15H2,(H,23,28)(H,25,27). The van der Waals surface area contributed by atoms with Crippen LogP contribution in [0, 0.1) is 0 Å². The van der Waals surface area contributed by atoms with E-state index in [-0.39, 0.29) is 11.8 Å². The van der Waals surface area contributed by atoms with Gasteiger partial charge in [-0.2, -0.15) is 5.10 Å². The zero-order chi connectivity index (χ0) is 19.8. The maximum atomic E-state index is 12.2. The fourth-order valence-corrected chi connectivity index (χ4v) is 2.80. The van der Waals surface area contributed by atoms with Gasteiger partial charge in [0.2, 0.25) is 5.91 Å². The molecular formula is C21H21ClN4O2. The summed E-state index contributed by atoms with van der Waals surface area (Å²) in [4.78, 5) is 24.1. The molecule has 0 atom stereocenters. The van der Waals surface area contributed by atoms with Crippen LogP contribution in [0.1, 0.15) is 28.8 Å². The topological polar surface area (TPSA) is 76.0 Å². The number of halogens is 1. The minimum atomic E-state index is -0.137. The molecule has 3 aromatic rings. The fourth-order valence-electron chi connectivity index (χ4n) is 2.68. The van der Waals surface area contributed by atoms with E-state index in [2.05, 4.69) is 15.7 Å². The van der Waals surface area contributed by atoms with Crippen LogP contribution in [0.15, 0.2) is 66.9 Å². The molecule has 2 amide bonds. The molecule has 1 heterocycles. The normalized spacial score (nSPS) is 10.5. The number of amides is 2. The highest BCUT2D eigenvalue weighted by Gasteiger charge is 2.09. The second-order valence-electron chi connectivity index (χ2n) is 6.27. The lowest BCUT2D eigenvalue weighted by Gasteiger charge is -2.10. The molecule has 3 rings (SSSR count). The van der Waals surface area contributed by atoms with Crippen LogP contribution in [0.4, 0.5) is 5.82 Å². The molecule has 0 aliphatic rings. The number of carbonyl (C=O) groups excluding carboxylic acids is 2. The number of anilines is 1. The van der Waals surface area contributed by atoms with E-state index in [9.17, 15) is 9.59 Å². The predicted molar refractivity (Wildman–Crippen MR) is 109 cm³/mol. The minimum Gasteiger partial charge on any atom is -0.352 e. The van der Waals surface area contributed by atoms with Gasteiger partial charge in [0, 0.05) is 29.6 Å². The van der Waals surface area contributed by atoms with Crippen LogP contribution < -0.4 is 10.6 Å². The molecule has 1 aromatic heterocycles. The maximum absolute atomic E-state index is 12.2. The van der Waals surface area contributed by atoms with Crippen LogP contribution in [0.25, 0.3) is 0 Å². The Morgan fingerprint density at radius 2 is 1.75 bits per heavy atom. The van der Waals surface area contributed by atoms with Crippen LogP contribution >= 0.6 is 11.6 Å². The first-order valence-corrected chi connectivity index (χ1v) is 9.39. The summed E-state index contributed by atoms with van der Waals surface area (Å²) in [7, 11) is 0. The van der Waals surface area contributed by atoms with E-state index in [0.717, 1.165) is 5.56 Å². The molecule has 7 heteroatoms. The van der Waals surface area contributed by atoms with Crippen LogP contribution in [-0.2, 0) is 11.3 Å². The van der Waals surface area contributed by atoms with Crippen molar-refractivity contribution in [3.63, 3.8) is 0 Å². The van der Waals surface area contributed by atoms with Crippen molar-refractivity contribution in [1.29, 1.82) is 0 Å². The summed E-state index contributed by atoms with van der Waals surface area (Å²) in [6.07, 6.45) is 2.50. The SMILES string of the molecule is O=C(CCCNC(=O)c1ccccc1)Nc1ccnn1Cc1ccc(Cl)cc1. The first-order chi connectivity index (χ1) is 13.6. The minimum absolute atomic E-state index is 0.119. The average Bonchev–Trinajstić information content (AvgIpc) is 3.14. The van der Waals surface area contributed by atoms with E-state index in [0.29, 0.717) is 42.3 Å². The van der Waals surface area contributed by atoms with Gasteiger partial charge < -0.3 is 10.6 Å². The summed E-state index contributed by atoms with van der Waals surface area (Å²) >= 11 is 5.90. The van der Waals surface area contributed by atoms with Crippen molar-refractivity contribution in [2.45, 2.75) is 19.4 Å². The summed E-state index contributed by atoms with van der Waals surface area (Å²) in [6.45, 7) is 0.970. The molecule has 0 saturated carbocycles. The quantitative estimate of drug-likeness (QED) is 0.569. The molecular weight excluding hydrogens is 376 g/mol. The highest BCUT2D eigenvalue weighted by Crippen LogP contribution is 2.14. The molecule has 0 aliphatic carbocycles. The van der Waals surface area contributed by atoms with E-state index >= 15 is 0 Å². The van der Waals surface area contributed by atoms with E-state index in [1.165, 1.54) is 0 Å². The molecule has 0 bridgehead atoms. The second kappa shape index (κ2) is 9.71. The summed E-state index contributed by atoms with van der Waals surface area (Å²) in [5, 5.41) is 10.6. The van der Waals surface area contributed by atoms with E-state index in [4.69, 9.17) is 11.6 Å². The van der Waals surface area contributed by atoms with Gasteiger partial charge in [-0.25, -0.2) is 4.68 Å². The van der Waals surface area contributed by atoms with Crippen molar-refractivity contribution in [3.05, 3.63) is 83.0 Å². The molecule has 0 spiro atoms. The Balaban J connectivity index is 1.43. The highest BCUT2D eigenvalue weighted by molar-refractivity contribution is 6.30. The van der Waals surface area contributed by atoms with E-state index in [1.807, 2.05) is 42.5 Å². The largest absolute Gasteiger partial charge is 0.352 e. The Hall–Kier alpha value is -3.12. The number of benzene rings is 2. The first-order valence-electron chi connectivity index (χ1n) is 9.01. The zero-order valence-electron chi connectivity index (χ0n) is 15.3. The molecule has 2 aromatic carbocycles. The first kappa shape index (κ1) is 19.6. The lowest BCUT2D eigenvalue weighted by atomic mass is 10.2. The number of carbonyl (C=O) groups is 2. The molecule has 0 radical (unpaired) electrons. The van der Waals surface area contributed by atoms with Gasteiger partial charge in [-0.05, 0) is 36.2 Å². The Morgan fingerprint density at radius 3 is 2.50 bits per heavy atom. The van der Waals surface area contributed by atoms with Gasteiger partial charge in [-0.1, -0.05) is 41.9 Å². The lowest BCUT2D eigenvalue weighted by molar-refractivity contribution is -0.116. The number of nitrogens with one attached hydrogen (secondary N) is 2. The third-order valence-electron chi connectivity index (χ3n) is 4.13. The molecule has 144 valence electrons. The number of hydrogen-bond acceptors (Lipinski definition) is 3. The molecule has 28 heavy (non-hydrogen) atoms. The smallest absolute Gasteiger partial charge is 0.251 e. The van der Waals surface area contributed by atoms with Crippen LogP contribution in [0.3, 0.4) is 0 Å². The summed E-state index contributed by atoms with van der Waals surface area (Å²) in [6, 6.07) is 18.2. The Labute approximate surface area is 168 Å². The Morgan fingerprint density at radius 1 is 1.00 bits per heavy atom. The molecule has 0 aliphatic heterocycles. The van der Waals surface area contributed by atoms with Crippen LogP contribution in [0.2, 0.25) is 5.02 Å². The van der Waals surface area contributed by atoms with Gasteiger partial charge in [0.15, 0.2) is 0 Å². The summed E-state index contributed by atoms with van der Waals surface area (Å²) < 4.78 is 1.72. The molecule has 2 N–H and O–H groups in total. The molecule has 6 nitrogen and oxygen atoms in total. The third kappa shape index (κ3) is 5.69. The molecule has 0 unspecified atom stereocenters. The highest BCUT2D eigenvalue weighted by atomic mass is 35.5. The van der Waals surface area contributed by atoms with Crippen LogP contribution in [0.5, 0.6) is 0 Å². The Kier molecular flexibility index (Phi) is 6.81.